The Hall–Kier alpha value is -1.32. The molecule has 1 aromatic heterocycles. The normalized spacial score (nSPS) is 18.8. The summed E-state index contributed by atoms with van der Waals surface area (Å²) >= 11 is 6.04. The van der Waals surface area contributed by atoms with Gasteiger partial charge in [-0.2, -0.15) is 0 Å². The predicted octanol–water partition coefficient (Wildman–Crippen LogP) is 4.03. The van der Waals surface area contributed by atoms with Gasteiger partial charge in [-0.1, -0.05) is 18.5 Å². The van der Waals surface area contributed by atoms with Gasteiger partial charge in [-0.3, -0.25) is 4.98 Å². The molecular formula is C17H22ClN3. The molecule has 21 heavy (non-hydrogen) atoms. The van der Waals surface area contributed by atoms with Gasteiger partial charge < -0.3 is 10.2 Å². The van der Waals surface area contributed by atoms with E-state index in [-0.39, 0.29) is 0 Å². The van der Waals surface area contributed by atoms with E-state index in [2.05, 4.69) is 35.2 Å². The van der Waals surface area contributed by atoms with Crippen LogP contribution in [-0.2, 0) is 0 Å². The third kappa shape index (κ3) is 3.30. The van der Waals surface area contributed by atoms with Crippen molar-refractivity contribution in [2.75, 3.05) is 32.0 Å². The first-order valence-electron chi connectivity index (χ1n) is 7.52. The molecule has 0 bridgehead atoms. The van der Waals surface area contributed by atoms with Gasteiger partial charge in [0, 0.05) is 28.8 Å². The summed E-state index contributed by atoms with van der Waals surface area (Å²) < 4.78 is 0. The van der Waals surface area contributed by atoms with Gasteiger partial charge in [-0.05, 0) is 62.7 Å². The fraction of sp³-hybridized carbons (Fsp3) is 0.471. The summed E-state index contributed by atoms with van der Waals surface area (Å²) in [6.45, 7) is 5.76. The van der Waals surface area contributed by atoms with Gasteiger partial charge in [-0.15, -0.1) is 0 Å². The lowest BCUT2D eigenvalue weighted by Gasteiger charge is -2.38. The Kier molecular flexibility index (Phi) is 4.05. The van der Waals surface area contributed by atoms with Gasteiger partial charge in [0.2, 0.25) is 0 Å². The number of likely N-dealkylation sites (tertiary alicyclic amines) is 1. The minimum absolute atomic E-state index is 0.370. The van der Waals surface area contributed by atoms with Gasteiger partial charge in [0.05, 0.1) is 5.52 Å². The van der Waals surface area contributed by atoms with Crippen LogP contribution >= 0.6 is 11.6 Å². The second-order valence-corrected chi connectivity index (χ2v) is 6.92. The molecule has 1 saturated heterocycles. The topological polar surface area (TPSA) is 28.2 Å². The number of hydrogen-bond acceptors (Lipinski definition) is 3. The summed E-state index contributed by atoms with van der Waals surface area (Å²) in [5, 5.41) is 5.50. The highest BCUT2D eigenvalue weighted by Gasteiger charge is 2.28. The molecule has 3 rings (SSSR count). The summed E-state index contributed by atoms with van der Waals surface area (Å²) in [7, 11) is 2.20. The molecule has 1 aliphatic rings. The number of fused-ring (bicyclic) bond motifs is 1. The maximum atomic E-state index is 6.04. The fourth-order valence-electron chi connectivity index (χ4n) is 2.92. The van der Waals surface area contributed by atoms with E-state index in [1.165, 1.54) is 25.9 Å². The van der Waals surface area contributed by atoms with Crippen molar-refractivity contribution in [1.29, 1.82) is 0 Å². The number of pyridine rings is 1. The molecule has 0 aliphatic carbocycles. The first-order chi connectivity index (χ1) is 10.1. The number of nitrogens with one attached hydrogen (secondary N) is 1. The highest BCUT2D eigenvalue weighted by Crippen LogP contribution is 2.32. The van der Waals surface area contributed by atoms with Crippen LogP contribution in [0.3, 0.4) is 0 Å². The van der Waals surface area contributed by atoms with E-state index in [1.54, 1.807) is 0 Å². The zero-order valence-corrected chi connectivity index (χ0v) is 13.5. The average molecular weight is 304 g/mol. The summed E-state index contributed by atoms with van der Waals surface area (Å²) in [4.78, 5) is 6.80. The largest absolute Gasteiger partial charge is 0.384 e. The van der Waals surface area contributed by atoms with Crippen LogP contribution in [-0.4, -0.2) is 36.6 Å². The van der Waals surface area contributed by atoms with Crippen molar-refractivity contribution in [1.82, 2.24) is 9.88 Å². The number of anilines is 1. The van der Waals surface area contributed by atoms with E-state index in [4.69, 9.17) is 11.6 Å². The minimum atomic E-state index is 0.370. The van der Waals surface area contributed by atoms with Gasteiger partial charge in [0.1, 0.15) is 0 Å². The van der Waals surface area contributed by atoms with E-state index in [1.807, 2.05) is 24.4 Å². The lowest BCUT2D eigenvalue weighted by atomic mass is 9.80. The molecule has 4 heteroatoms. The van der Waals surface area contributed by atoms with Crippen molar-refractivity contribution in [2.45, 2.75) is 19.8 Å². The van der Waals surface area contributed by atoms with Crippen LogP contribution in [0.2, 0.25) is 5.02 Å². The number of piperidine rings is 1. The zero-order chi connectivity index (χ0) is 14.9. The predicted molar refractivity (Wildman–Crippen MR) is 90.1 cm³/mol. The van der Waals surface area contributed by atoms with Crippen LogP contribution < -0.4 is 5.32 Å². The van der Waals surface area contributed by atoms with E-state index >= 15 is 0 Å². The molecule has 3 nitrogen and oxygen atoms in total. The second-order valence-electron chi connectivity index (χ2n) is 6.49. The Labute approximate surface area is 131 Å². The summed E-state index contributed by atoms with van der Waals surface area (Å²) in [6, 6.07) is 7.94. The zero-order valence-electron chi connectivity index (χ0n) is 12.7. The summed E-state index contributed by atoms with van der Waals surface area (Å²) in [5.41, 5.74) is 2.46. The van der Waals surface area contributed by atoms with Crippen LogP contribution in [0.15, 0.2) is 30.5 Å². The second kappa shape index (κ2) is 5.82. The van der Waals surface area contributed by atoms with Crippen molar-refractivity contribution < 1.29 is 0 Å². The average Bonchev–Trinajstić information content (AvgIpc) is 2.48. The third-order valence-corrected chi connectivity index (χ3v) is 4.84. The monoisotopic (exact) mass is 303 g/mol. The van der Waals surface area contributed by atoms with Gasteiger partial charge in [0.25, 0.3) is 0 Å². The van der Waals surface area contributed by atoms with Crippen molar-refractivity contribution in [2.24, 2.45) is 5.41 Å². The summed E-state index contributed by atoms with van der Waals surface area (Å²) in [5.74, 6) is 0. The lowest BCUT2D eigenvalue weighted by Crippen LogP contribution is -2.40. The highest BCUT2D eigenvalue weighted by atomic mass is 35.5. The fourth-order valence-corrected chi connectivity index (χ4v) is 3.09. The Morgan fingerprint density at radius 3 is 2.81 bits per heavy atom. The van der Waals surface area contributed by atoms with Crippen molar-refractivity contribution in [3.05, 3.63) is 35.5 Å². The lowest BCUT2D eigenvalue weighted by molar-refractivity contribution is 0.150. The molecule has 1 aliphatic heterocycles. The number of aromatic nitrogens is 1. The number of hydrogen-bond donors (Lipinski definition) is 1. The maximum absolute atomic E-state index is 6.04. The molecule has 2 aromatic rings. The SMILES string of the molecule is CN1CCC(C)(CNc2ccnc3cc(Cl)ccc23)CC1. The number of halogens is 1. The van der Waals surface area contributed by atoms with Crippen LogP contribution in [0.4, 0.5) is 5.69 Å². The quantitative estimate of drug-likeness (QED) is 0.928. The Morgan fingerprint density at radius 1 is 1.29 bits per heavy atom. The Balaban J connectivity index is 1.76. The molecule has 0 radical (unpaired) electrons. The number of benzene rings is 1. The van der Waals surface area contributed by atoms with Crippen molar-refractivity contribution >= 4 is 28.2 Å². The standard InChI is InChI=1S/C17H22ClN3/c1-17(6-9-21(2)10-7-17)12-20-15-5-8-19-16-11-13(18)3-4-14(15)16/h3-5,8,11H,6-7,9-10,12H2,1-2H3,(H,19,20). The maximum Gasteiger partial charge on any atom is 0.0737 e. The molecule has 0 unspecified atom stereocenters. The molecule has 0 atom stereocenters. The van der Waals surface area contributed by atoms with E-state index in [0.29, 0.717) is 5.41 Å². The van der Waals surface area contributed by atoms with E-state index < -0.39 is 0 Å². The van der Waals surface area contributed by atoms with Gasteiger partial charge in [0.15, 0.2) is 0 Å². The van der Waals surface area contributed by atoms with Crippen molar-refractivity contribution in [3.63, 3.8) is 0 Å². The van der Waals surface area contributed by atoms with Gasteiger partial charge >= 0.3 is 0 Å². The van der Waals surface area contributed by atoms with E-state index in [0.717, 1.165) is 28.2 Å². The third-order valence-electron chi connectivity index (χ3n) is 4.60. The smallest absolute Gasteiger partial charge is 0.0737 e. The molecule has 1 fully saturated rings. The number of rotatable bonds is 3. The molecular weight excluding hydrogens is 282 g/mol. The summed E-state index contributed by atoms with van der Waals surface area (Å²) in [6.07, 6.45) is 4.33. The van der Waals surface area contributed by atoms with Gasteiger partial charge in [-0.25, -0.2) is 0 Å². The van der Waals surface area contributed by atoms with Crippen molar-refractivity contribution in [3.8, 4) is 0 Å². The molecule has 0 spiro atoms. The molecule has 112 valence electrons. The first kappa shape index (κ1) is 14.6. The number of nitrogens with zero attached hydrogens (tertiary/aromatic N) is 2. The molecule has 0 amide bonds. The molecule has 1 aromatic carbocycles. The Morgan fingerprint density at radius 2 is 2.05 bits per heavy atom. The van der Waals surface area contributed by atoms with Crippen LogP contribution in [0, 0.1) is 5.41 Å². The first-order valence-corrected chi connectivity index (χ1v) is 7.90. The minimum Gasteiger partial charge on any atom is -0.384 e. The van der Waals surface area contributed by atoms with Crippen LogP contribution in [0.25, 0.3) is 10.9 Å². The molecule has 1 N–H and O–H groups in total. The van der Waals surface area contributed by atoms with E-state index in [9.17, 15) is 0 Å². The van der Waals surface area contributed by atoms with Crippen LogP contribution in [0.1, 0.15) is 19.8 Å². The molecule has 2 heterocycles. The molecule has 0 saturated carbocycles. The Bertz CT molecular complexity index is 633. The highest BCUT2D eigenvalue weighted by molar-refractivity contribution is 6.31. The van der Waals surface area contributed by atoms with Crippen LogP contribution in [0.5, 0.6) is 0 Å².